The van der Waals surface area contributed by atoms with Gasteiger partial charge in [-0.1, -0.05) is 97.9 Å². The maximum atomic E-state index is 15.0. The summed E-state index contributed by atoms with van der Waals surface area (Å²) in [6.07, 6.45) is -5.67. The molecule has 2 unspecified atom stereocenters. The second kappa shape index (κ2) is 30.0. The fourth-order valence-electron chi connectivity index (χ4n) is 11.0. The number of rotatable bonds is 15. The van der Waals surface area contributed by atoms with Crippen molar-refractivity contribution in [3.63, 3.8) is 0 Å². The Labute approximate surface area is 488 Å². The Morgan fingerprint density at radius 2 is 1.45 bits per heavy atom. The fourth-order valence-corrected chi connectivity index (χ4v) is 11.0. The Balaban J connectivity index is 1.59. The fraction of sp³-hybridized carbons (Fsp3) is 0.639. The summed E-state index contributed by atoms with van der Waals surface area (Å²) in [5.74, 6) is -10.5. The van der Waals surface area contributed by atoms with Crippen LogP contribution in [0.2, 0.25) is 0 Å². The minimum Gasteiger partial charge on any atom is -0.497 e. The molecule has 2 aromatic rings. The summed E-state index contributed by atoms with van der Waals surface area (Å²) in [6, 6.07) is 5.94. The number of nitrogens with one attached hydrogen (secondary N) is 3. The average Bonchev–Trinajstić information content (AvgIpc) is 4.24. The van der Waals surface area contributed by atoms with E-state index in [0.29, 0.717) is 29.7 Å². The van der Waals surface area contributed by atoms with E-state index in [1.54, 1.807) is 82.3 Å². The van der Waals surface area contributed by atoms with Gasteiger partial charge in [0, 0.05) is 33.6 Å². The second-order valence-electron chi connectivity index (χ2n) is 24.0. The monoisotopic (exact) mass is 1160 g/mol. The number of fused-ring (bicyclic) bond motifs is 1. The van der Waals surface area contributed by atoms with Crippen LogP contribution in [0.1, 0.15) is 131 Å². The molecule has 22 nitrogen and oxygen atoms in total. The Kier molecular flexibility index (Phi) is 24.2. The van der Waals surface area contributed by atoms with E-state index in [1.807, 2.05) is 27.7 Å². The molecule has 22 heteroatoms. The molecule has 3 saturated heterocycles. The molecular weight excluding hydrogens is 1070 g/mol. The van der Waals surface area contributed by atoms with Gasteiger partial charge in [-0.15, -0.1) is 0 Å². The number of cyclic esters (lactones) is 2. The molecule has 3 aliphatic rings. The van der Waals surface area contributed by atoms with Gasteiger partial charge in [-0.25, -0.2) is 4.79 Å². The standard InChI is InChI=1S/C61H89N7O15/c1-33(2)29-42-57(76)67-27-17-21-43(67)59(78)66(12)46(31-39-23-25-41(81-13)26-24-39)61(80)82-38(10)50(56(75)63-49(35(5)6)47(69)32-48(70)83-53(36(7)8)51(71)37(9)54(73)62-42)64-55(74)45(30-34(3)4)65(11)58(77)44-22-18-28-68(44)60(79)52(72)40-19-15-14-16-20-40/h14-16,19-20,23-26,33-38,42-47,49-50,52-53,69,72H,17-18,21-22,27-32H2,1-13H3,(H,62,73)(H,63,75)(H,64,74)/t37?,38-,42?,43-,44-,45-,46+,47-,49+,50-,52+,53-/m0/s1. The van der Waals surface area contributed by atoms with Crippen LogP contribution in [0.4, 0.5) is 0 Å². The number of benzene rings is 2. The summed E-state index contributed by atoms with van der Waals surface area (Å²) in [5, 5.41) is 31.1. The minimum atomic E-state index is -1.78. The van der Waals surface area contributed by atoms with Gasteiger partial charge >= 0.3 is 11.9 Å². The van der Waals surface area contributed by atoms with E-state index in [2.05, 4.69) is 16.0 Å². The van der Waals surface area contributed by atoms with Crippen LogP contribution in [0, 0.1) is 29.6 Å². The highest BCUT2D eigenvalue weighted by Gasteiger charge is 2.46. The number of likely N-dealkylation sites (tertiary alicyclic amines) is 1. The number of ether oxygens (including phenoxy) is 3. The first-order valence-electron chi connectivity index (χ1n) is 29.1. The topological polar surface area (TPSA) is 288 Å². The van der Waals surface area contributed by atoms with Crippen molar-refractivity contribution in [1.82, 2.24) is 35.6 Å². The highest BCUT2D eigenvalue weighted by molar-refractivity contribution is 6.05. The number of carbonyl (C=O) groups excluding carboxylic acids is 10. The molecule has 0 bridgehead atoms. The van der Waals surface area contributed by atoms with E-state index in [4.69, 9.17) is 14.2 Å². The number of methoxy groups -OCH3 is 1. The first-order chi connectivity index (χ1) is 39.1. The third-order valence-corrected chi connectivity index (χ3v) is 15.9. The average molecular weight is 1160 g/mol. The van der Waals surface area contributed by atoms with Crippen molar-refractivity contribution in [2.24, 2.45) is 29.6 Å². The smallest absolute Gasteiger partial charge is 0.329 e. The van der Waals surface area contributed by atoms with Gasteiger partial charge in [0.2, 0.25) is 35.4 Å². The molecule has 3 fully saturated rings. The van der Waals surface area contributed by atoms with Crippen molar-refractivity contribution in [2.75, 3.05) is 34.3 Å². The van der Waals surface area contributed by atoms with E-state index in [9.17, 15) is 53.4 Å². The third kappa shape index (κ3) is 17.1. The molecule has 7 amide bonds. The molecule has 0 saturated carbocycles. The van der Waals surface area contributed by atoms with Crippen molar-refractivity contribution in [2.45, 2.75) is 187 Å². The van der Waals surface area contributed by atoms with E-state index < -0.39 is 150 Å². The van der Waals surface area contributed by atoms with E-state index in [-0.39, 0.29) is 57.0 Å². The predicted octanol–water partition coefficient (Wildman–Crippen LogP) is 3.28. The number of Topliss-reactive ketones (excluding diaryl/α,β-unsaturated/α-hetero) is 1. The predicted molar refractivity (Wildman–Crippen MR) is 305 cm³/mol. The maximum Gasteiger partial charge on any atom is 0.329 e. The summed E-state index contributed by atoms with van der Waals surface area (Å²) < 4.78 is 17.2. The summed E-state index contributed by atoms with van der Waals surface area (Å²) >= 11 is 0. The zero-order valence-corrected chi connectivity index (χ0v) is 50.5. The summed E-state index contributed by atoms with van der Waals surface area (Å²) in [5.41, 5.74) is 0.907. The molecule has 0 aromatic heterocycles. The lowest BCUT2D eigenvalue weighted by Gasteiger charge is -2.36. The van der Waals surface area contributed by atoms with Crippen LogP contribution in [0.15, 0.2) is 54.6 Å². The van der Waals surface area contributed by atoms with Gasteiger partial charge in [0.15, 0.2) is 18.0 Å². The Morgan fingerprint density at radius 1 is 0.807 bits per heavy atom. The number of aliphatic hydroxyl groups is 2. The number of aliphatic hydroxyl groups excluding tert-OH is 2. The quantitative estimate of drug-likeness (QED) is 0.126. The molecule has 12 atom stereocenters. The highest BCUT2D eigenvalue weighted by atomic mass is 16.6. The number of likely N-dealkylation sites (N-methyl/N-ethyl adjacent to an activating group) is 2. The molecule has 0 spiro atoms. The Bertz CT molecular complexity index is 2610. The lowest BCUT2D eigenvalue weighted by Crippen LogP contribution is -2.62. The van der Waals surface area contributed by atoms with Crippen LogP contribution in [-0.4, -0.2) is 184 Å². The summed E-state index contributed by atoms with van der Waals surface area (Å²) in [4.78, 5) is 150. The second-order valence-corrected chi connectivity index (χ2v) is 24.0. The summed E-state index contributed by atoms with van der Waals surface area (Å²) in [6.45, 7) is 16.9. The van der Waals surface area contributed by atoms with E-state index >= 15 is 4.79 Å². The molecule has 3 heterocycles. The Morgan fingerprint density at radius 3 is 2.04 bits per heavy atom. The number of carbonyl (C=O) groups is 10. The van der Waals surface area contributed by atoms with Crippen LogP contribution in [0.5, 0.6) is 5.75 Å². The Hall–Kier alpha value is -6.94. The highest BCUT2D eigenvalue weighted by Crippen LogP contribution is 2.29. The molecule has 0 radical (unpaired) electrons. The van der Waals surface area contributed by atoms with Crippen LogP contribution < -0.4 is 20.7 Å². The first kappa shape index (κ1) is 66.9. The molecule has 0 aliphatic carbocycles. The molecule has 83 heavy (non-hydrogen) atoms. The molecule has 3 aliphatic heterocycles. The van der Waals surface area contributed by atoms with Gasteiger partial charge in [-0.05, 0) is 99.3 Å². The molecule has 2 aromatic carbocycles. The van der Waals surface area contributed by atoms with E-state index in [0.717, 1.165) is 0 Å². The normalized spacial score (nSPS) is 26.5. The van der Waals surface area contributed by atoms with E-state index in [1.165, 1.54) is 54.7 Å². The van der Waals surface area contributed by atoms with Crippen LogP contribution in [0.3, 0.4) is 0 Å². The molecule has 458 valence electrons. The van der Waals surface area contributed by atoms with Gasteiger partial charge in [0.1, 0.15) is 48.1 Å². The van der Waals surface area contributed by atoms with Crippen LogP contribution in [0.25, 0.3) is 0 Å². The van der Waals surface area contributed by atoms with Gasteiger partial charge < -0.3 is 60.0 Å². The number of nitrogens with zero attached hydrogens (tertiary/aromatic N) is 4. The van der Waals surface area contributed by atoms with Crippen LogP contribution >= 0.6 is 0 Å². The van der Waals surface area contributed by atoms with Crippen molar-refractivity contribution in [3.8, 4) is 5.75 Å². The zero-order valence-electron chi connectivity index (χ0n) is 50.5. The molecule has 5 N–H and O–H groups in total. The van der Waals surface area contributed by atoms with Gasteiger partial charge in [0.05, 0.1) is 31.6 Å². The summed E-state index contributed by atoms with van der Waals surface area (Å²) in [7, 11) is 4.29. The number of esters is 2. The number of hydrogen-bond donors (Lipinski definition) is 5. The SMILES string of the molecule is COc1ccc(C[C@@H]2C(=O)O[C@@H](C)[C@H](NC(=O)[C@H](CC(C)C)N(C)C(=O)[C@@H]3CCCN3C(=O)[C@H](O)c3ccccc3)C(=O)N[C@H](C(C)C)[C@@H](O)CC(=O)O[C@@H](C(C)C)C(=O)C(C)C(=O)NC(CC(C)C)C(=O)N3CCC[C@H]3C(=O)N2C)cc1. The van der Waals surface area contributed by atoms with Crippen molar-refractivity contribution in [3.05, 3.63) is 65.7 Å². The van der Waals surface area contributed by atoms with Crippen molar-refractivity contribution >= 4 is 59.1 Å². The van der Waals surface area contributed by atoms with Gasteiger partial charge in [-0.2, -0.15) is 0 Å². The molecular formula is C61H89N7O15. The number of amides is 7. The largest absolute Gasteiger partial charge is 0.497 e. The molecule has 5 rings (SSSR count). The zero-order chi connectivity index (χ0) is 61.7. The van der Waals surface area contributed by atoms with Crippen molar-refractivity contribution < 1.29 is 72.4 Å². The van der Waals surface area contributed by atoms with Crippen LogP contribution in [-0.2, 0) is 63.8 Å². The lowest BCUT2D eigenvalue weighted by atomic mass is 9.92. The van der Waals surface area contributed by atoms with Crippen molar-refractivity contribution in [1.29, 1.82) is 0 Å². The lowest BCUT2D eigenvalue weighted by molar-refractivity contribution is -0.163. The third-order valence-electron chi connectivity index (χ3n) is 15.9. The van der Waals surface area contributed by atoms with Gasteiger partial charge in [0.25, 0.3) is 5.91 Å². The van der Waals surface area contributed by atoms with Gasteiger partial charge in [-0.3, -0.25) is 43.2 Å². The minimum absolute atomic E-state index is 0.0535. The first-order valence-corrected chi connectivity index (χ1v) is 29.1. The maximum absolute atomic E-state index is 15.0. The number of hydrogen-bond acceptors (Lipinski definition) is 15. The number of ketones is 1.